The van der Waals surface area contributed by atoms with Crippen molar-refractivity contribution in [1.82, 2.24) is 5.32 Å². The molecule has 0 aromatic carbocycles. The van der Waals surface area contributed by atoms with E-state index in [2.05, 4.69) is 5.32 Å². The Morgan fingerprint density at radius 1 is 1.38 bits per heavy atom. The quantitative estimate of drug-likeness (QED) is 0.754. The minimum atomic E-state index is -0.450. The third kappa shape index (κ3) is 2.95. The van der Waals surface area contributed by atoms with Gasteiger partial charge in [-0.15, -0.1) is 0 Å². The Bertz CT molecular complexity index is 244. The first-order chi connectivity index (χ1) is 7.47. The van der Waals surface area contributed by atoms with Gasteiger partial charge in [-0.3, -0.25) is 4.79 Å². The zero-order valence-electron chi connectivity index (χ0n) is 10.6. The Morgan fingerprint density at radius 2 is 2.00 bits per heavy atom. The first-order valence-corrected chi connectivity index (χ1v) is 6.08. The van der Waals surface area contributed by atoms with Gasteiger partial charge in [0.2, 0.25) is 5.91 Å². The smallest absolute Gasteiger partial charge is 0.226 e. The first-order valence-electron chi connectivity index (χ1n) is 6.08. The van der Waals surface area contributed by atoms with Gasteiger partial charge in [-0.25, -0.2) is 0 Å². The van der Waals surface area contributed by atoms with Gasteiger partial charge in [-0.2, -0.15) is 0 Å². The number of nitrogens with one attached hydrogen (secondary N) is 1. The number of ether oxygens (including phenoxy) is 1. The fourth-order valence-electron chi connectivity index (χ4n) is 2.20. The predicted octanol–water partition coefficient (Wildman–Crippen LogP) is 0.933. The molecule has 0 aliphatic carbocycles. The lowest BCUT2D eigenvalue weighted by molar-refractivity contribution is -0.127. The van der Waals surface area contributed by atoms with Gasteiger partial charge in [0.15, 0.2) is 0 Å². The van der Waals surface area contributed by atoms with Crippen molar-refractivity contribution in [3.8, 4) is 0 Å². The lowest BCUT2D eigenvalue weighted by Crippen LogP contribution is -2.40. The topological polar surface area (TPSA) is 58.6 Å². The van der Waals surface area contributed by atoms with Crippen LogP contribution < -0.4 is 5.32 Å². The number of aliphatic hydroxyl groups excluding tert-OH is 1. The summed E-state index contributed by atoms with van der Waals surface area (Å²) >= 11 is 0. The Morgan fingerprint density at radius 3 is 2.44 bits per heavy atom. The van der Waals surface area contributed by atoms with Crippen molar-refractivity contribution in [3.05, 3.63) is 0 Å². The van der Waals surface area contributed by atoms with E-state index in [1.807, 2.05) is 27.7 Å². The van der Waals surface area contributed by atoms with Gasteiger partial charge in [0.25, 0.3) is 0 Å². The minimum absolute atomic E-state index is 0.00292. The number of carbonyl (C=O) groups is 1. The molecule has 0 bridgehead atoms. The van der Waals surface area contributed by atoms with E-state index in [0.717, 1.165) is 0 Å². The maximum Gasteiger partial charge on any atom is 0.226 e. The molecule has 2 N–H and O–H groups in total. The van der Waals surface area contributed by atoms with Gasteiger partial charge in [-0.1, -0.05) is 13.8 Å². The molecule has 5 atom stereocenters. The van der Waals surface area contributed by atoms with Crippen LogP contribution >= 0.6 is 0 Å². The van der Waals surface area contributed by atoms with E-state index in [-0.39, 0.29) is 30.0 Å². The number of aliphatic hydroxyl groups is 1. The molecule has 0 aromatic rings. The van der Waals surface area contributed by atoms with Crippen molar-refractivity contribution in [2.24, 2.45) is 11.8 Å². The maximum absolute atomic E-state index is 11.9. The van der Waals surface area contributed by atoms with Crippen molar-refractivity contribution in [1.29, 1.82) is 0 Å². The molecule has 16 heavy (non-hydrogen) atoms. The van der Waals surface area contributed by atoms with E-state index in [9.17, 15) is 9.90 Å². The van der Waals surface area contributed by atoms with E-state index in [1.165, 1.54) is 0 Å². The minimum Gasteiger partial charge on any atom is -0.391 e. The molecule has 1 aliphatic heterocycles. The molecule has 0 saturated carbocycles. The molecule has 1 rings (SSSR count). The molecule has 94 valence electrons. The normalized spacial score (nSPS) is 36.1. The van der Waals surface area contributed by atoms with Crippen molar-refractivity contribution in [2.75, 3.05) is 6.54 Å². The molecule has 1 fully saturated rings. The van der Waals surface area contributed by atoms with Crippen LogP contribution in [-0.2, 0) is 9.53 Å². The highest BCUT2D eigenvalue weighted by molar-refractivity contribution is 5.79. The Kier molecular flexibility index (Phi) is 4.74. The summed E-state index contributed by atoms with van der Waals surface area (Å²) in [7, 11) is 0. The predicted molar refractivity (Wildman–Crippen MR) is 62.0 cm³/mol. The lowest BCUT2D eigenvalue weighted by atomic mass is 9.89. The van der Waals surface area contributed by atoms with Crippen LogP contribution in [0.2, 0.25) is 0 Å². The average molecular weight is 229 g/mol. The van der Waals surface area contributed by atoms with E-state index in [0.29, 0.717) is 13.0 Å². The third-order valence-electron chi connectivity index (χ3n) is 3.53. The zero-order valence-corrected chi connectivity index (χ0v) is 10.6. The van der Waals surface area contributed by atoms with Gasteiger partial charge in [0.1, 0.15) is 0 Å². The number of amides is 1. The van der Waals surface area contributed by atoms with Crippen LogP contribution in [0.4, 0.5) is 0 Å². The summed E-state index contributed by atoms with van der Waals surface area (Å²) in [5.74, 6) is 0.129. The van der Waals surface area contributed by atoms with E-state index in [1.54, 1.807) is 0 Å². The summed E-state index contributed by atoms with van der Waals surface area (Å²) < 4.78 is 5.62. The summed E-state index contributed by atoms with van der Waals surface area (Å²) in [6, 6.07) is 0. The largest absolute Gasteiger partial charge is 0.391 e. The monoisotopic (exact) mass is 229 g/mol. The number of hydrogen-bond acceptors (Lipinski definition) is 3. The second-order valence-electron chi connectivity index (χ2n) is 4.74. The molecule has 5 unspecified atom stereocenters. The molecule has 1 heterocycles. The van der Waals surface area contributed by atoms with Gasteiger partial charge >= 0.3 is 0 Å². The van der Waals surface area contributed by atoms with Gasteiger partial charge in [0.05, 0.1) is 24.2 Å². The maximum atomic E-state index is 11.9. The lowest BCUT2D eigenvalue weighted by Gasteiger charge is -2.19. The van der Waals surface area contributed by atoms with E-state index >= 15 is 0 Å². The zero-order chi connectivity index (χ0) is 12.3. The molecular weight excluding hydrogens is 206 g/mol. The number of carbonyl (C=O) groups excluding carboxylic acids is 1. The average Bonchev–Trinajstić information content (AvgIpc) is 2.49. The fourth-order valence-corrected chi connectivity index (χ4v) is 2.20. The summed E-state index contributed by atoms with van der Waals surface area (Å²) in [6.45, 7) is 8.19. The van der Waals surface area contributed by atoms with Crippen LogP contribution in [0.3, 0.4) is 0 Å². The molecule has 0 radical (unpaired) electrons. The summed E-state index contributed by atoms with van der Waals surface area (Å²) in [6.07, 6.45) is 0.295. The summed E-state index contributed by atoms with van der Waals surface area (Å²) in [4.78, 5) is 11.9. The van der Waals surface area contributed by atoms with Crippen molar-refractivity contribution >= 4 is 5.91 Å². The van der Waals surface area contributed by atoms with Crippen LogP contribution in [0.1, 0.15) is 34.1 Å². The summed E-state index contributed by atoms with van der Waals surface area (Å²) in [5.41, 5.74) is 0. The van der Waals surface area contributed by atoms with Crippen LogP contribution in [0.5, 0.6) is 0 Å². The Balaban J connectivity index is 2.47. The molecule has 0 spiro atoms. The third-order valence-corrected chi connectivity index (χ3v) is 3.53. The fraction of sp³-hybridized carbons (Fsp3) is 0.917. The van der Waals surface area contributed by atoms with Crippen molar-refractivity contribution in [3.63, 3.8) is 0 Å². The molecular formula is C12H23NO3. The van der Waals surface area contributed by atoms with E-state index < -0.39 is 6.10 Å². The molecule has 4 nitrogen and oxygen atoms in total. The van der Waals surface area contributed by atoms with Gasteiger partial charge < -0.3 is 15.2 Å². The standard InChI is InChI=1S/C12H23NO3/c1-5-10(14)6-13-12(15)11-7(2)8(3)16-9(11)4/h7-11,14H,5-6H2,1-4H3,(H,13,15). The Hall–Kier alpha value is -0.610. The van der Waals surface area contributed by atoms with Crippen LogP contribution in [-0.4, -0.2) is 35.9 Å². The van der Waals surface area contributed by atoms with Crippen LogP contribution in [0.25, 0.3) is 0 Å². The van der Waals surface area contributed by atoms with Gasteiger partial charge in [0, 0.05) is 6.54 Å². The van der Waals surface area contributed by atoms with Crippen LogP contribution in [0.15, 0.2) is 0 Å². The van der Waals surface area contributed by atoms with Crippen molar-refractivity contribution < 1.29 is 14.6 Å². The van der Waals surface area contributed by atoms with Gasteiger partial charge in [-0.05, 0) is 26.2 Å². The first kappa shape index (κ1) is 13.5. The molecule has 4 heteroatoms. The highest BCUT2D eigenvalue weighted by atomic mass is 16.5. The molecule has 1 amide bonds. The molecule has 1 saturated heterocycles. The van der Waals surface area contributed by atoms with E-state index in [4.69, 9.17) is 4.74 Å². The summed E-state index contributed by atoms with van der Waals surface area (Å²) in [5, 5.41) is 12.2. The highest BCUT2D eigenvalue weighted by Crippen LogP contribution is 2.32. The molecule has 0 aromatic heterocycles. The van der Waals surface area contributed by atoms with Crippen LogP contribution in [0, 0.1) is 11.8 Å². The Labute approximate surface area is 97.4 Å². The number of rotatable bonds is 4. The SMILES string of the molecule is CCC(O)CNC(=O)C1C(C)OC(C)C1C. The van der Waals surface area contributed by atoms with Crippen molar-refractivity contribution in [2.45, 2.75) is 52.4 Å². The highest BCUT2D eigenvalue weighted by Gasteiger charge is 2.41. The number of hydrogen-bond donors (Lipinski definition) is 2. The molecule has 1 aliphatic rings. The second-order valence-corrected chi connectivity index (χ2v) is 4.74. The second kappa shape index (κ2) is 5.64.